The van der Waals surface area contributed by atoms with Gasteiger partial charge in [0.05, 0.1) is 33.9 Å². The molecule has 11 heteroatoms. The molecule has 0 rings (SSSR count). The molecule has 0 aromatic carbocycles. The minimum Gasteiger partial charge on any atom is -0.756 e. The van der Waals surface area contributed by atoms with Crippen molar-refractivity contribution in [2.75, 3.05) is 47.5 Å². The van der Waals surface area contributed by atoms with Gasteiger partial charge in [0.2, 0.25) is 0 Å². The lowest BCUT2D eigenvalue weighted by atomic mass is 10.1. The molecule has 0 bridgehead atoms. The second kappa shape index (κ2) is 34.4. The number of allylic oxidation sites excluding steroid dienone is 7. The highest BCUT2D eigenvalue weighted by molar-refractivity contribution is 7.45. The molecule has 0 amide bonds. The molecule has 0 aliphatic carbocycles. The normalized spacial score (nSPS) is 14.8. The topological polar surface area (TPSA) is 131 Å². The Morgan fingerprint density at radius 2 is 1.21 bits per heavy atom. The SMILES string of the molecule is CCCCCCCCCCCCCC(=O)O[C@H](COC(=O)CCC/C=C\C/C=C\C/C=C\C/C=C\[C@@H](O)CCCC)COP(=O)([O-])OCC[N+](C)(C)C. The Bertz CT molecular complexity index is 1070. The number of esters is 2. The highest BCUT2D eigenvalue weighted by Gasteiger charge is 2.21. The molecule has 53 heavy (non-hydrogen) atoms. The lowest BCUT2D eigenvalue weighted by molar-refractivity contribution is -0.870. The van der Waals surface area contributed by atoms with Crippen LogP contribution in [-0.4, -0.2) is 81.2 Å². The van der Waals surface area contributed by atoms with Crippen LogP contribution >= 0.6 is 7.82 Å². The summed E-state index contributed by atoms with van der Waals surface area (Å²) in [7, 11) is 1.11. The molecule has 0 aliphatic heterocycles. The van der Waals surface area contributed by atoms with E-state index in [-0.39, 0.29) is 32.2 Å². The molecule has 0 saturated heterocycles. The summed E-state index contributed by atoms with van der Waals surface area (Å²) in [4.78, 5) is 37.4. The fraction of sp³-hybridized carbons (Fsp3) is 0.762. The maximum absolute atomic E-state index is 12.6. The van der Waals surface area contributed by atoms with Gasteiger partial charge in [-0.25, -0.2) is 0 Å². The number of aliphatic hydroxyl groups excluding tert-OH is 1. The van der Waals surface area contributed by atoms with Crippen LogP contribution in [0, 0.1) is 0 Å². The van der Waals surface area contributed by atoms with Crippen molar-refractivity contribution in [1.82, 2.24) is 0 Å². The molecule has 1 unspecified atom stereocenters. The van der Waals surface area contributed by atoms with Gasteiger partial charge in [-0.05, 0) is 44.9 Å². The van der Waals surface area contributed by atoms with Gasteiger partial charge in [-0.3, -0.25) is 14.2 Å². The number of quaternary nitrogens is 1. The molecule has 0 radical (unpaired) electrons. The number of rotatable bonds is 36. The summed E-state index contributed by atoms with van der Waals surface area (Å²) in [5.74, 6) is -0.926. The summed E-state index contributed by atoms with van der Waals surface area (Å²) < 4.78 is 33.7. The van der Waals surface area contributed by atoms with Crippen LogP contribution in [0.3, 0.4) is 0 Å². The fourth-order valence-corrected chi connectivity index (χ4v) is 5.86. The van der Waals surface area contributed by atoms with Gasteiger partial charge in [0.1, 0.15) is 19.8 Å². The van der Waals surface area contributed by atoms with Gasteiger partial charge < -0.3 is 33.0 Å². The molecule has 0 aromatic rings. The maximum Gasteiger partial charge on any atom is 0.306 e. The number of nitrogens with zero attached hydrogens (tertiary/aromatic N) is 1. The number of aliphatic hydroxyl groups is 1. The number of carbonyl (C=O) groups is 2. The van der Waals surface area contributed by atoms with E-state index in [9.17, 15) is 24.2 Å². The quantitative estimate of drug-likeness (QED) is 0.0218. The maximum atomic E-state index is 12.6. The summed E-state index contributed by atoms with van der Waals surface area (Å²) >= 11 is 0. The van der Waals surface area contributed by atoms with E-state index in [4.69, 9.17) is 18.5 Å². The number of likely N-dealkylation sites (N-methyl/N-ethyl adjacent to an activating group) is 1. The molecule has 0 aliphatic rings. The van der Waals surface area contributed by atoms with E-state index in [0.717, 1.165) is 57.8 Å². The minimum absolute atomic E-state index is 0.0466. The second-order valence-corrected chi connectivity index (χ2v) is 16.2. The van der Waals surface area contributed by atoms with Crippen LogP contribution in [0.1, 0.15) is 149 Å². The van der Waals surface area contributed by atoms with Crippen LogP contribution in [0.15, 0.2) is 48.6 Å². The van der Waals surface area contributed by atoms with Crippen molar-refractivity contribution in [3.63, 3.8) is 0 Å². The first-order valence-corrected chi connectivity index (χ1v) is 21.9. The molecule has 308 valence electrons. The zero-order chi connectivity index (χ0) is 39.5. The summed E-state index contributed by atoms with van der Waals surface area (Å²) in [5, 5.41) is 9.81. The van der Waals surface area contributed by atoms with Crippen LogP contribution in [0.4, 0.5) is 0 Å². The zero-order valence-corrected chi connectivity index (χ0v) is 35.0. The van der Waals surface area contributed by atoms with Crippen LogP contribution < -0.4 is 4.89 Å². The van der Waals surface area contributed by atoms with Gasteiger partial charge in [0, 0.05) is 12.8 Å². The number of hydrogen-bond acceptors (Lipinski definition) is 9. The molecular weight excluding hydrogens is 693 g/mol. The first kappa shape index (κ1) is 50.9. The first-order valence-electron chi connectivity index (χ1n) is 20.4. The third-order valence-electron chi connectivity index (χ3n) is 8.42. The van der Waals surface area contributed by atoms with E-state index in [2.05, 4.69) is 44.2 Å². The number of carbonyl (C=O) groups excluding carboxylic acids is 2. The van der Waals surface area contributed by atoms with Gasteiger partial charge >= 0.3 is 11.9 Å². The summed E-state index contributed by atoms with van der Waals surface area (Å²) in [6, 6.07) is 0. The Labute approximate surface area is 323 Å². The summed E-state index contributed by atoms with van der Waals surface area (Å²) in [6.45, 7) is 3.96. The zero-order valence-electron chi connectivity index (χ0n) is 34.1. The van der Waals surface area contributed by atoms with Crippen molar-refractivity contribution in [2.24, 2.45) is 0 Å². The predicted molar refractivity (Wildman–Crippen MR) is 214 cm³/mol. The summed E-state index contributed by atoms with van der Waals surface area (Å²) in [5.41, 5.74) is 0. The summed E-state index contributed by atoms with van der Waals surface area (Å²) in [6.07, 6.45) is 34.8. The van der Waals surface area contributed by atoms with Gasteiger partial charge in [0.25, 0.3) is 7.82 Å². The standard InChI is InChI=1S/C42H76NO9P/c1-6-8-10-11-12-13-16-21-24-27-30-34-42(46)52-40(38-51-53(47,48)50-36-35-43(3,4)5)37-49-41(45)33-29-26-23-20-18-15-14-17-19-22-25-28-32-39(44)31-9-7-2/h14-15,19-20,22-23,28,32,39-40,44H,6-13,16-18,21,24-27,29-31,33-38H2,1-5H3/b15-14-,22-19-,23-20-,32-28-/t39-,40+/m0/s1. The minimum atomic E-state index is -4.64. The van der Waals surface area contributed by atoms with Crippen molar-refractivity contribution in [1.29, 1.82) is 0 Å². The Hall–Kier alpha value is -2.07. The largest absolute Gasteiger partial charge is 0.756 e. The van der Waals surface area contributed by atoms with Gasteiger partial charge in [-0.2, -0.15) is 0 Å². The van der Waals surface area contributed by atoms with Crippen LogP contribution in [-0.2, 0) is 32.7 Å². The highest BCUT2D eigenvalue weighted by atomic mass is 31.2. The fourth-order valence-electron chi connectivity index (χ4n) is 5.13. The van der Waals surface area contributed by atoms with E-state index >= 15 is 0 Å². The monoisotopic (exact) mass is 770 g/mol. The van der Waals surface area contributed by atoms with Crippen molar-refractivity contribution < 1.29 is 47.2 Å². The van der Waals surface area contributed by atoms with E-state index in [1.165, 1.54) is 44.9 Å². The van der Waals surface area contributed by atoms with Crippen molar-refractivity contribution >= 4 is 19.8 Å². The van der Waals surface area contributed by atoms with Crippen molar-refractivity contribution in [3.8, 4) is 0 Å². The van der Waals surface area contributed by atoms with Crippen molar-refractivity contribution in [3.05, 3.63) is 48.6 Å². The molecule has 0 spiro atoms. The Kier molecular flexibility index (Phi) is 33.1. The molecule has 1 N–H and O–H groups in total. The van der Waals surface area contributed by atoms with Crippen LogP contribution in [0.2, 0.25) is 0 Å². The smallest absolute Gasteiger partial charge is 0.306 e. The van der Waals surface area contributed by atoms with E-state index in [1.54, 1.807) is 0 Å². The molecule has 0 fully saturated rings. The van der Waals surface area contributed by atoms with Crippen LogP contribution in [0.25, 0.3) is 0 Å². The first-order chi connectivity index (χ1) is 25.4. The van der Waals surface area contributed by atoms with E-state index in [0.29, 0.717) is 30.3 Å². The number of unbranched alkanes of at least 4 members (excludes halogenated alkanes) is 12. The van der Waals surface area contributed by atoms with Crippen molar-refractivity contribution in [2.45, 2.75) is 161 Å². The average Bonchev–Trinajstić information content (AvgIpc) is 3.10. The van der Waals surface area contributed by atoms with E-state index in [1.807, 2.05) is 39.4 Å². The predicted octanol–water partition coefficient (Wildman–Crippen LogP) is 9.47. The van der Waals surface area contributed by atoms with Crippen LogP contribution in [0.5, 0.6) is 0 Å². The lowest BCUT2D eigenvalue weighted by Crippen LogP contribution is -2.37. The second-order valence-electron chi connectivity index (χ2n) is 14.8. The molecule has 0 saturated carbocycles. The Morgan fingerprint density at radius 1 is 0.679 bits per heavy atom. The van der Waals surface area contributed by atoms with Gasteiger partial charge in [-0.15, -0.1) is 0 Å². The third kappa shape index (κ3) is 38.0. The Balaban J connectivity index is 4.51. The third-order valence-corrected chi connectivity index (χ3v) is 9.39. The number of hydrogen-bond donors (Lipinski definition) is 1. The number of ether oxygens (including phenoxy) is 2. The Morgan fingerprint density at radius 3 is 1.79 bits per heavy atom. The van der Waals surface area contributed by atoms with E-state index < -0.39 is 32.5 Å². The van der Waals surface area contributed by atoms with Gasteiger partial charge in [0.15, 0.2) is 6.10 Å². The lowest BCUT2D eigenvalue weighted by Gasteiger charge is -2.28. The van der Waals surface area contributed by atoms with Gasteiger partial charge in [-0.1, -0.05) is 140 Å². The molecule has 10 nitrogen and oxygen atoms in total. The number of phosphoric acid groups is 1. The molecular formula is C42H76NO9P. The average molecular weight is 770 g/mol. The highest BCUT2D eigenvalue weighted by Crippen LogP contribution is 2.38. The molecule has 3 atom stereocenters. The molecule has 0 aromatic heterocycles. The number of phosphoric ester groups is 1. The molecule has 0 heterocycles.